The standard InChI is InChI=1S/C14H10BrF4NO/c15-11-3-1-9(16)5-8(11)7-20-10-2-4-13(12(17)6-10)21-14(18)19/h1-6,14,20H,7H2. The molecule has 0 saturated heterocycles. The van der Waals surface area contributed by atoms with Crippen LogP contribution in [0.25, 0.3) is 0 Å². The summed E-state index contributed by atoms with van der Waals surface area (Å²) < 4.78 is 55.3. The predicted molar refractivity (Wildman–Crippen MR) is 74.5 cm³/mol. The number of halogens is 5. The van der Waals surface area contributed by atoms with E-state index in [-0.39, 0.29) is 12.4 Å². The lowest BCUT2D eigenvalue weighted by molar-refractivity contribution is -0.0521. The van der Waals surface area contributed by atoms with Crippen molar-refractivity contribution < 1.29 is 22.3 Å². The number of alkyl halides is 2. The zero-order valence-corrected chi connectivity index (χ0v) is 12.1. The van der Waals surface area contributed by atoms with Gasteiger partial charge in [-0.25, -0.2) is 8.78 Å². The van der Waals surface area contributed by atoms with E-state index in [2.05, 4.69) is 26.0 Å². The first-order valence-corrected chi connectivity index (χ1v) is 6.67. The van der Waals surface area contributed by atoms with Crippen molar-refractivity contribution in [3.63, 3.8) is 0 Å². The highest BCUT2D eigenvalue weighted by atomic mass is 79.9. The molecule has 2 aromatic carbocycles. The zero-order chi connectivity index (χ0) is 15.4. The first-order valence-electron chi connectivity index (χ1n) is 5.88. The molecule has 0 aliphatic carbocycles. The van der Waals surface area contributed by atoms with Crippen LogP contribution in [-0.2, 0) is 6.54 Å². The highest BCUT2D eigenvalue weighted by Crippen LogP contribution is 2.24. The number of hydrogen-bond donors (Lipinski definition) is 1. The van der Waals surface area contributed by atoms with E-state index in [1.54, 1.807) is 6.07 Å². The molecule has 2 rings (SSSR count). The molecule has 21 heavy (non-hydrogen) atoms. The minimum Gasteiger partial charge on any atom is -0.432 e. The second kappa shape index (κ2) is 6.80. The minimum absolute atomic E-state index is 0.243. The van der Waals surface area contributed by atoms with Gasteiger partial charge in [0.15, 0.2) is 11.6 Å². The molecular weight excluding hydrogens is 354 g/mol. The van der Waals surface area contributed by atoms with Crippen LogP contribution in [0, 0.1) is 11.6 Å². The maximum Gasteiger partial charge on any atom is 0.387 e. The molecule has 0 aromatic heterocycles. The maximum atomic E-state index is 13.5. The fourth-order valence-electron chi connectivity index (χ4n) is 1.68. The van der Waals surface area contributed by atoms with Crippen molar-refractivity contribution >= 4 is 21.6 Å². The molecule has 0 amide bonds. The van der Waals surface area contributed by atoms with Gasteiger partial charge in [0.1, 0.15) is 5.82 Å². The SMILES string of the molecule is Fc1ccc(Br)c(CNc2ccc(OC(F)F)c(F)c2)c1. The Hall–Kier alpha value is -1.76. The van der Waals surface area contributed by atoms with Crippen LogP contribution in [0.4, 0.5) is 23.2 Å². The lowest BCUT2D eigenvalue weighted by Gasteiger charge is -2.10. The van der Waals surface area contributed by atoms with E-state index in [9.17, 15) is 17.6 Å². The molecule has 0 aliphatic heterocycles. The van der Waals surface area contributed by atoms with E-state index in [1.807, 2.05) is 0 Å². The van der Waals surface area contributed by atoms with E-state index < -0.39 is 18.2 Å². The normalized spacial score (nSPS) is 10.8. The molecule has 0 spiro atoms. The summed E-state index contributed by atoms with van der Waals surface area (Å²) in [5, 5.41) is 2.87. The Bertz CT molecular complexity index is 636. The lowest BCUT2D eigenvalue weighted by atomic mass is 10.2. The third-order valence-electron chi connectivity index (χ3n) is 2.64. The summed E-state index contributed by atoms with van der Waals surface area (Å²) in [5.74, 6) is -1.82. The van der Waals surface area contributed by atoms with Crippen LogP contribution in [0.2, 0.25) is 0 Å². The summed E-state index contributed by atoms with van der Waals surface area (Å²) in [5.41, 5.74) is 1.01. The Labute approximate surface area is 126 Å². The van der Waals surface area contributed by atoms with Crippen molar-refractivity contribution in [2.24, 2.45) is 0 Å². The van der Waals surface area contributed by atoms with Crippen molar-refractivity contribution in [3.05, 3.63) is 58.1 Å². The van der Waals surface area contributed by atoms with Gasteiger partial charge in [0.2, 0.25) is 0 Å². The first-order chi connectivity index (χ1) is 9.95. The van der Waals surface area contributed by atoms with Crippen LogP contribution in [0.3, 0.4) is 0 Å². The molecule has 0 heterocycles. The smallest absolute Gasteiger partial charge is 0.387 e. The van der Waals surface area contributed by atoms with Gasteiger partial charge in [-0.2, -0.15) is 8.78 Å². The molecule has 0 bridgehead atoms. The monoisotopic (exact) mass is 363 g/mol. The molecular formula is C14H10BrF4NO. The third-order valence-corrected chi connectivity index (χ3v) is 3.41. The summed E-state index contributed by atoms with van der Waals surface area (Å²) in [6.07, 6.45) is 0. The summed E-state index contributed by atoms with van der Waals surface area (Å²) in [6.45, 7) is -2.84. The van der Waals surface area contributed by atoms with Crippen LogP contribution in [0.15, 0.2) is 40.9 Å². The second-order valence-electron chi connectivity index (χ2n) is 4.11. The number of rotatable bonds is 5. The number of benzene rings is 2. The highest BCUT2D eigenvalue weighted by molar-refractivity contribution is 9.10. The molecule has 112 valence electrons. The highest BCUT2D eigenvalue weighted by Gasteiger charge is 2.10. The van der Waals surface area contributed by atoms with E-state index >= 15 is 0 Å². The van der Waals surface area contributed by atoms with Crippen molar-refractivity contribution in [2.75, 3.05) is 5.32 Å². The van der Waals surface area contributed by atoms with Gasteiger partial charge in [0.25, 0.3) is 0 Å². The Morgan fingerprint density at radius 2 is 1.86 bits per heavy atom. The van der Waals surface area contributed by atoms with Crippen LogP contribution in [0.1, 0.15) is 5.56 Å². The van der Waals surface area contributed by atoms with Gasteiger partial charge < -0.3 is 10.1 Å². The quantitative estimate of drug-likeness (QED) is 0.759. The topological polar surface area (TPSA) is 21.3 Å². The molecule has 7 heteroatoms. The Balaban J connectivity index is 2.07. The first kappa shape index (κ1) is 15.6. The Morgan fingerprint density at radius 1 is 1.10 bits per heavy atom. The summed E-state index contributed by atoms with van der Waals surface area (Å²) >= 11 is 3.27. The fourth-order valence-corrected chi connectivity index (χ4v) is 2.07. The predicted octanol–water partition coefficient (Wildman–Crippen LogP) is 4.94. The number of hydrogen-bond acceptors (Lipinski definition) is 2. The fraction of sp³-hybridized carbons (Fsp3) is 0.143. The van der Waals surface area contributed by atoms with Crippen molar-refractivity contribution in [1.82, 2.24) is 0 Å². The molecule has 0 unspecified atom stereocenters. The Kier molecular flexibility index (Phi) is 5.06. The molecule has 0 fully saturated rings. The largest absolute Gasteiger partial charge is 0.432 e. The summed E-state index contributed by atoms with van der Waals surface area (Å²) in [4.78, 5) is 0. The molecule has 2 aromatic rings. The molecule has 1 N–H and O–H groups in total. The van der Waals surface area contributed by atoms with Gasteiger partial charge in [-0.05, 0) is 35.9 Å². The number of anilines is 1. The molecule has 0 atom stereocenters. The van der Waals surface area contributed by atoms with Crippen molar-refractivity contribution in [2.45, 2.75) is 13.2 Å². The van der Waals surface area contributed by atoms with Gasteiger partial charge in [0, 0.05) is 22.8 Å². The lowest BCUT2D eigenvalue weighted by Crippen LogP contribution is -2.05. The van der Waals surface area contributed by atoms with E-state index in [4.69, 9.17) is 0 Å². The molecule has 2 nitrogen and oxygen atoms in total. The Morgan fingerprint density at radius 3 is 2.52 bits per heavy atom. The summed E-state index contributed by atoms with van der Waals surface area (Å²) in [7, 11) is 0. The molecule has 0 saturated carbocycles. The van der Waals surface area contributed by atoms with Gasteiger partial charge in [-0.3, -0.25) is 0 Å². The van der Waals surface area contributed by atoms with Crippen LogP contribution in [0.5, 0.6) is 5.75 Å². The van der Waals surface area contributed by atoms with E-state index in [0.717, 1.165) is 12.1 Å². The van der Waals surface area contributed by atoms with Gasteiger partial charge in [-0.15, -0.1) is 0 Å². The van der Waals surface area contributed by atoms with Gasteiger partial charge in [-0.1, -0.05) is 15.9 Å². The zero-order valence-electron chi connectivity index (χ0n) is 10.5. The average Bonchev–Trinajstić information content (AvgIpc) is 2.42. The summed E-state index contributed by atoms with van der Waals surface area (Å²) in [6, 6.07) is 7.74. The molecule has 0 aliphatic rings. The third kappa shape index (κ3) is 4.35. The van der Waals surface area contributed by atoms with Crippen LogP contribution in [-0.4, -0.2) is 6.61 Å². The van der Waals surface area contributed by atoms with Gasteiger partial charge in [0.05, 0.1) is 0 Å². The van der Waals surface area contributed by atoms with Crippen molar-refractivity contribution in [3.8, 4) is 5.75 Å². The average molecular weight is 364 g/mol. The van der Waals surface area contributed by atoms with Crippen molar-refractivity contribution in [1.29, 1.82) is 0 Å². The van der Waals surface area contributed by atoms with Gasteiger partial charge >= 0.3 is 6.61 Å². The second-order valence-corrected chi connectivity index (χ2v) is 4.97. The van der Waals surface area contributed by atoms with E-state index in [1.165, 1.54) is 18.2 Å². The van der Waals surface area contributed by atoms with E-state index in [0.29, 0.717) is 15.7 Å². The van der Waals surface area contributed by atoms with Crippen LogP contribution < -0.4 is 10.1 Å². The molecule has 0 radical (unpaired) electrons. The maximum absolute atomic E-state index is 13.5. The van der Waals surface area contributed by atoms with Crippen LogP contribution >= 0.6 is 15.9 Å². The number of nitrogens with one attached hydrogen (secondary N) is 1. The number of ether oxygens (including phenoxy) is 1. The minimum atomic E-state index is -3.08.